The molecule has 5 nitrogen and oxygen atoms in total. The Morgan fingerprint density at radius 1 is 1.06 bits per heavy atom. The molecule has 2 fully saturated rings. The molecule has 0 aliphatic heterocycles. The number of aromatic hydroxyl groups is 1. The van der Waals surface area contributed by atoms with E-state index in [1.807, 2.05) is 19.1 Å². The number of hydrogen-bond donors (Lipinski definition) is 2. The molecule has 31 heavy (non-hydrogen) atoms. The van der Waals surface area contributed by atoms with Gasteiger partial charge in [0.15, 0.2) is 0 Å². The molecule has 4 atom stereocenters. The number of aryl methyl sites for hydroxylation is 2. The second-order valence-corrected chi connectivity index (χ2v) is 11.4. The number of sulfonamides is 1. The van der Waals surface area contributed by atoms with Crippen LogP contribution in [0.4, 0.5) is 0 Å². The van der Waals surface area contributed by atoms with Gasteiger partial charge in [-0.05, 0) is 98.6 Å². The molecule has 0 amide bonds. The molecule has 0 heterocycles. The standard InChI is InChI=1S/C25H30N2O3S/c1-16-3-7-19(8-4-16)31(29,30)27-26-24-12-11-23-22-9-5-17-15-18(28)6-10-20(17)21(22)13-14-25(23,24)2/h3-4,6-8,10,15,21-23,27-28H,5,9,11-14H2,1-2H3/b26-24-/t21-,22+,23-,25+/m1/s1. The number of nitrogens with one attached hydrogen (secondary N) is 1. The first-order valence-electron chi connectivity index (χ1n) is 11.3. The van der Waals surface area contributed by atoms with E-state index in [1.165, 1.54) is 11.1 Å². The zero-order chi connectivity index (χ0) is 21.8. The monoisotopic (exact) mass is 438 g/mol. The minimum Gasteiger partial charge on any atom is -0.508 e. The molecule has 0 bridgehead atoms. The molecule has 3 aliphatic rings. The molecule has 0 unspecified atom stereocenters. The fraction of sp³-hybridized carbons (Fsp3) is 0.480. The van der Waals surface area contributed by atoms with E-state index in [0.717, 1.165) is 49.8 Å². The fourth-order valence-electron chi connectivity index (χ4n) is 6.43. The van der Waals surface area contributed by atoms with E-state index in [9.17, 15) is 13.5 Å². The lowest BCUT2D eigenvalue weighted by Gasteiger charge is -2.49. The predicted octanol–water partition coefficient (Wildman–Crippen LogP) is 4.89. The average Bonchev–Trinajstić information content (AvgIpc) is 3.08. The second kappa shape index (κ2) is 7.37. The van der Waals surface area contributed by atoms with Crippen molar-refractivity contribution in [2.45, 2.75) is 63.2 Å². The Hall–Kier alpha value is -2.34. The van der Waals surface area contributed by atoms with Crippen LogP contribution < -0.4 is 4.83 Å². The van der Waals surface area contributed by atoms with Gasteiger partial charge in [0.25, 0.3) is 10.0 Å². The van der Waals surface area contributed by atoms with E-state index < -0.39 is 10.0 Å². The highest BCUT2D eigenvalue weighted by Crippen LogP contribution is 2.59. The number of phenols is 1. The summed E-state index contributed by atoms with van der Waals surface area (Å²) in [5.41, 5.74) is 4.68. The summed E-state index contributed by atoms with van der Waals surface area (Å²) in [6, 6.07) is 12.7. The molecule has 0 radical (unpaired) electrons. The number of benzene rings is 2. The minimum atomic E-state index is -3.66. The largest absolute Gasteiger partial charge is 0.508 e. The summed E-state index contributed by atoms with van der Waals surface area (Å²) in [5, 5.41) is 14.3. The van der Waals surface area contributed by atoms with Gasteiger partial charge in [0, 0.05) is 11.1 Å². The smallest absolute Gasteiger partial charge is 0.276 e. The highest BCUT2D eigenvalue weighted by atomic mass is 32.2. The Balaban J connectivity index is 1.38. The Bertz CT molecular complexity index is 1140. The zero-order valence-electron chi connectivity index (χ0n) is 18.1. The Kier molecular flexibility index (Phi) is 4.88. The van der Waals surface area contributed by atoms with Crippen LogP contribution in [0.2, 0.25) is 0 Å². The van der Waals surface area contributed by atoms with Gasteiger partial charge in [-0.2, -0.15) is 13.5 Å². The van der Waals surface area contributed by atoms with Gasteiger partial charge in [-0.3, -0.25) is 0 Å². The van der Waals surface area contributed by atoms with Crippen molar-refractivity contribution in [3.63, 3.8) is 0 Å². The van der Waals surface area contributed by atoms with Crippen molar-refractivity contribution in [2.24, 2.45) is 22.4 Å². The second-order valence-electron chi connectivity index (χ2n) is 9.76. The van der Waals surface area contributed by atoms with Crippen LogP contribution in [-0.2, 0) is 16.4 Å². The first-order valence-corrected chi connectivity index (χ1v) is 12.7. The maximum atomic E-state index is 12.7. The molecule has 164 valence electrons. The highest BCUT2D eigenvalue weighted by Gasteiger charge is 2.53. The van der Waals surface area contributed by atoms with Crippen LogP contribution in [0.5, 0.6) is 5.75 Å². The van der Waals surface area contributed by atoms with Crippen molar-refractivity contribution in [1.82, 2.24) is 4.83 Å². The third-order valence-corrected chi connectivity index (χ3v) is 9.31. The minimum absolute atomic E-state index is 0.0502. The van der Waals surface area contributed by atoms with E-state index in [1.54, 1.807) is 24.3 Å². The summed E-state index contributed by atoms with van der Waals surface area (Å²) in [6.45, 7) is 4.22. The first kappa shape index (κ1) is 20.6. The zero-order valence-corrected chi connectivity index (χ0v) is 19.0. The lowest BCUT2D eigenvalue weighted by atomic mass is 9.55. The van der Waals surface area contributed by atoms with Gasteiger partial charge in [-0.1, -0.05) is 30.7 Å². The van der Waals surface area contributed by atoms with E-state index in [4.69, 9.17) is 0 Å². The number of nitrogens with zero attached hydrogens (tertiary/aromatic N) is 1. The average molecular weight is 439 g/mol. The third-order valence-electron chi connectivity index (χ3n) is 8.08. The van der Waals surface area contributed by atoms with E-state index >= 15 is 0 Å². The fourth-order valence-corrected chi connectivity index (χ4v) is 7.26. The van der Waals surface area contributed by atoms with Crippen LogP contribution >= 0.6 is 0 Å². The molecular formula is C25H30N2O3S. The Morgan fingerprint density at radius 3 is 2.61 bits per heavy atom. The molecule has 2 aromatic carbocycles. The van der Waals surface area contributed by atoms with E-state index in [0.29, 0.717) is 23.5 Å². The summed E-state index contributed by atoms with van der Waals surface area (Å²) in [7, 11) is -3.66. The van der Waals surface area contributed by atoms with Gasteiger partial charge in [-0.15, -0.1) is 0 Å². The molecule has 3 aliphatic carbocycles. The van der Waals surface area contributed by atoms with Gasteiger partial charge in [0.05, 0.1) is 4.90 Å². The SMILES string of the molecule is Cc1ccc(S(=O)(=O)N/N=C2/CC[C@@H]3[C@H]4CCc5cc(O)ccc5[C@H]4CC[C@]23C)cc1. The van der Waals surface area contributed by atoms with Gasteiger partial charge < -0.3 is 5.11 Å². The summed E-state index contributed by atoms with van der Waals surface area (Å²) >= 11 is 0. The lowest BCUT2D eigenvalue weighted by molar-refractivity contribution is 0.0954. The van der Waals surface area contributed by atoms with Gasteiger partial charge in [-0.25, -0.2) is 4.83 Å². The summed E-state index contributed by atoms with van der Waals surface area (Å²) < 4.78 is 25.4. The van der Waals surface area contributed by atoms with Crippen molar-refractivity contribution in [3.8, 4) is 5.75 Å². The lowest BCUT2D eigenvalue weighted by Crippen LogP contribution is -2.43. The molecular weight excluding hydrogens is 408 g/mol. The molecule has 2 aromatic rings. The third kappa shape index (κ3) is 3.45. The van der Waals surface area contributed by atoms with E-state index in [-0.39, 0.29) is 10.3 Å². The first-order chi connectivity index (χ1) is 14.8. The van der Waals surface area contributed by atoms with Gasteiger partial charge in [0.1, 0.15) is 5.75 Å². The van der Waals surface area contributed by atoms with Crippen molar-refractivity contribution in [3.05, 3.63) is 59.2 Å². The van der Waals surface area contributed by atoms with Crippen LogP contribution in [-0.4, -0.2) is 19.2 Å². The molecule has 6 heteroatoms. The van der Waals surface area contributed by atoms with E-state index in [2.05, 4.69) is 22.9 Å². The summed E-state index contributed by atoms with van der Waals surface area (Å²) in [6.07, 6.45) is 6.15. The maximum Gasteiger partial charge on any atom is 0.276 e. The van der Waals surface area contributed by atoms with Crippen molar-refractivity contribution < 1.29 is 13.5 Å². The van der Waals surface area contributed by atoms with Crippen LogP contribution in [0.3, 0.4) is 0 Å². The van der Waals surface area contributed by atoms with Gasteiger partial charge >= 0.3 is 0 Å². The van der Waals surface area contributed by atoms with Crippen LogP contribution in [0.15, 0.2) is 52.5 Å². The number of phenolic OH excluding ortho intramolecular Hbond substituents is 1. The topological polar surface area (TPSA) is 78.8 Å². The van der Waals surface area contributed by atoms with Crippen molar-refractivity contribution in [1.29, 1.82) is 0 Å². The predicted molar refractivity (Wildman–Crippen MR) is 122 cm³/mol. The van der Waals surface area contributed by atoms with Crippen LogP contribution in [0, 0.1) is 24.2 Å². The molecule has 5 rings (SSSR count). The Morgan fingerprint density at radius 2 is 1.84 bits per heavy atom. The summed E-state index contributed by atoms with van der Waals surface area (Å²) in [5.74, 6) is 2.01. The van der Waals surface area contributed by atoms with Crippen LogP contribution in [0.25, 0.3) is 0 Å². The number of hydrogen-bond acceptors (Lipinski definition) is 4. The van der Waals surface area contributed by atoms with Crippen LogP contribution in [0.1, 0.15) is 61.6 Å². The van der Waals surface area contributed by atoms with Gasteiger partial charge in [0.2, 0.25) is 0 Å². The molecule has 0 spiro atoms. The number of rotatable bonds is 3. The molecule has 2 saturated carbocycles. The normalized spacial score (nSPS) is 31.0. The molecule has 0 aromatic heterocycles. The van der Waals surface area contributed by atoms with Crippen molar-refractivity contribution in [2.75, 3.05) is 0 Å². The number of hydrazone groups is 1. The summed E-state index contributed by atoms with van der Waals surface area (Å²) in [4.78, 5) is 2.77. The van der Waals surface area contributed by atoms with Crippen molar-refractivity contribution >= 4 is 15.7 Å². The highest BCUT2D eigenvalue weighted by molar-refractivity contribution is 7.89. The number of fused-ring (bicyclic) bond motifs is 5. The quantitative estimate of drug-likeness (QED) is 0.670. The molecule has 0 saturated heterocycles. The maximum absolute atomic E-state index is 12.7. The Labute approximate surface area is 184 Å². The molecule has 2 N–H and O–H groups in total.